The molecular formula is C60H100N16O16P2. The fourth-order valence-electron chi connectivity index (χ4n) is 9.51. The molecule has 0 aliphatic carbocycles. The first kappa shape index (κ1) is 84.3. The number of aliphatic hydroxyl groups is 1. The van der Waals surface area contributed by atoms with Gasteiger partial charge in [0.2, 0.25) is 24.9 Å². The largest absolute Gasteiger partial charge is 0.388 e. The number of hydrogen-bond acceptors (Lipinski definition) is 26. The molecule has 5 rings (SSSR count). The van der Waals surface area contributed by atoms with Gasteiger partial charge in [-0.25, -0.2) is 36.7 Å². The second kappa shape index (κ2) is 47.2. The first-order valence-corrected chi connectivity index (χ1v) is 33.6. The van der Waals surface area contributed by atoms with Crippen LogP contribution in [0.4, 0.5) is 11.6 Å². The number of amides is 2. The van der Waals surface area contributed by atoms with Crippen molar-refractivity contribution in [3.8, 4) is 12.1 Å². The number of ether oxygens (including phenoxy) is 8. The van der Waals surface area contributed by atoms with Crippen molar-refractivity contribution < 1.29 is 66.2 Å². The summed E-state index contributed by atoms with van der Waals surface area (Å²) in [4.78, 5) is 62.4. The van der Waals surface area contributed by atoms with Crippen molar-refractivity contribution in [2.45, 2.75) is 222 Å². The van der Waals surface area contributed by atoms with Gasteiger partial charge < -0.3 is 76.9 Å². The maximum Gasteiger partial charge on any atom is 0.351 e. The number of carbonyl (C=O) groups is 2. The molecule has 94 heavy (non-hydrogen) atoms. The maximum atomic E-state index is 13.0. The molecule has 526 valence electrons. The number of aromatic nitrogens is 4. The molecule has 0 saturated carbocycles. The van der Waals surface area contributed by atoms with E-state index in [0.717, 1.165) is 0 Å². The molecule has 3 N–H and O–H groups in total. The van der Waals surface area contributed by atoms with Crippen LogP contribution < -0.4 is 22.0 Å². The van der Waals surface area contributed by atoms with Gasteiger partial charge in [-0.05, 0) is 113 Å². The van der Waals surface area contributed by atoms with Crippen molar-refractivity contribution in [3.63, 3.8) is 0 Å². The van der Waals surface area contributed by atoms with Gasteiger partial charge in [0, 0.05) is 62.5 Å². The third-order valence-corrected chi connectivity index (χ3v) is 18.3. The van der Waals surface area contributed by atoms with Crippen molar-refractivity contribution >= 4 is 46.6 Å². The summed E-state index contributed by atoms with van der Waals surface area (Å²) in [6.45, 7) is 48.3. The first-order valence-electron chi connectivity index (χ1n) is 31.3. The van der Waals surface area contributed by atoms with E-state index in [-0.39, 0.29) is 102 Å². The van der Waals surface area contributed by atoms with Crippen LogP contribution in [0.5, 0.6) is 0 Å². The van der Waals surface area contributed by atoms with E-state index in [4.69, 9.17) is 75.1 Å². The van der Waals surface area contributed by atoms with Crippen molar-refractivity contribution in [1.82, 2.24) is 33.1 Å². The van der Waals surface area contributed by atoms with E-state index in [0.29, 0.717) is 56.7 Å². The molecule has 5 heterocycles. The molecule has 7 unspecified atom stereocenters. The van der Waals surface area contributed by atoms with Crippen LogP contribution >= 0.6 is 17.0 Å². The summed E-state index contributed by atoms with van der Waals surface area (Å²) in [6, 6.07) is 8.74. The quantitative estimate of drug-likeness (QED) is 0.0247. The van der Waals surface area contributed by atoms with Gasteiger partial charge in [-0.15, -0.1) is 5.10 Å². The summed E-state index contributed by atoms with van der Waals surface area (Å²) < 4.78 is 73.1. The second-order valence-electron chi connectivity index (χ2n) is 22.5. The SMILES string of the molecule is C1=NN=NC1.CCC1OC(n2ccc(NC(C)=O)nc2=O)C(OCOCOCCC#N)[C@H]1O.[C-]#[N+]CCOP(N(C(C)C)C(C)C)N(C(C)C)C(C)C.[C-]#[N+]CCOP(O[C@H]1C(CC)OC(n2ccc(NC(C)=O)nc2=O)C1OCOCOCCC#N)N(C(C)C)C(C)C. The fraction of sp³-hybridized carbons (Fsp3) is 0.750. The highest BCUT2D eigenvalue weighted by Crippen LogP contribution is 2.52. The Hall–Kier alpha value is -5.81. The van der Waals surface area contributed by atoms with Gasteiger partial charge in [0.25, 0.3) is 8.53 Å². The molecule has 3 aliphatic rings. The number of nitrogens with zero attached hydrogens (tertiary/aromatic N) is 14. The van der Waals surface area contributed by atoms with Crippen LogP contribution in [0.25, 0.3) is 9.69 Å². The number of rotatable bonds is 37. The van der Waals surface area contributed by atoms with E-state index in [1.54, 1.807) is 6.21 Å². The minimum Gasteiger partial charge on any atom is -0.388 e. The van der Waals surface area contributed by atoms with Gasteiger partial charge in [0.05, 0.1) is 63.2 Å². The molecule has 2 fully saturated rings. The summed E-state index contributed by atoms with van der Waals surface area (Å²) in [6.07, 6.45) is -0.0692. The highest BCUT2D eigenvalue weighted by atomic mass is 31.2. The van der Waals surface area contributed by atoms with Crippen LogP contribution in [0, 0.1) is 35.8 Å². The summed E-state index contributed by atoms with van der Waals surface area (Å²) in [7, 11) is -2.47. The van der Waals surface area contributed by atoms with Gasteiger partial charge in [-0.2, -0.15) is 25.6 Å². The van der Waals surface area contributed by atoms with Crippen molar-refractivity contribution in [3.05, 3.63) is 68.3 Å². The predicted molar refractivity (Wildman–Crippen MR) is 352 cm³/mol. The standard InChI is InChI=1S/C26H41N6O8P.C17H24N4O7.C15H32N3OP.C2H3N3/c1-8-21-23(40-41(38-15-12-28-7)32(18(2)3)19(4)5)24(37-17-36-16-35-14-9-11-27)25(39-21)31-13-10-22(29-20(6)33)30-26(31)34;1-3-12-14(23)15(27-10-26-9-25-8-4-6-18)16(28-12)21-7-5-13(19-11(2)22)20-17(21)24;1-12(2)17(13(3)4)20(19-11-10-16-9)18(14(5)6)15(7)8;1-2-4-5-3-1/h10,13,18-19,21,23-25H,8-9,12,14-17H2,1-6H3,(H,29,30,33,34);5,7,12,14-16,23H,3-4,8-10H2,1-2H3,(H,19,20,22,24);12-15H,10-11H2,1-8H3;1H,2H2/t21?,23-,24?,25?,41?;12?,14-,15?,16?;;/m00../s1. The minimum absolute atomic E-state index is 0.0693. The van der Waals surface area contributed by atoms with Gasteiger partial charge in [-0.3, -0.25) is 18.7 Å². The molecule has 32 nitrogen and oxygen atoms in total. The lowest BCUT2D eigenvalue weighted by Gasteiger charge is -2.45. The topological polar surface area (TPSA) is 353 Å². The maximum absolute atomic E-state index is 13.0. The van der Waals surface area contributed by atoms with Crippen LogP contribution in [0.2, 0.25) is 0 Å². The minimum atomic E-state index is -1.64. The molecule has 3 aliphatic heterocycles. The Kier molecular flexibility index (Phi) is 42.3. The molecule has 0 bridgehead atoms. The zero-order chi connectivity index (χ0) is 70.3. The Morgan fingerprint density at radius 2 is 1.10 bits per heavy atom. The summed E-state index contributed by atoms with van der Waals surface area (Å²) in [5, 5.41) is 42.6. The Balaban J connectivity index is 0.000000489. The highest BCUT2D eigenvalue weighted by Gasteiger charge is 2.50. The van der Waals surface area contributed by atoms with E-state index >= 15 is 0 Å². The predicted octanol–water partition coefficient (Wildman–Crippen LogP) is 8.36. The van der Waals surface area contributed by atoms with E-state index < -0.39 is 77.4 Å². The van der Waals surface area contributed by atoms with Crippen molar-refractivity contribution in [2.24, 2.45) is 15.4 Å². The Labute approximate surface area is 556 Å². The van der Waals surface area contributed by atoms with E-state index in [1.807, 2.05) is 53.7 Å². The van der Waals surface area contributed by atoms with Crippen LogP contribution in [0.15, 0.2) is 49.6 Å². The van der Waals surface area contributed by atoms with Gasteiger partial charge in [0.15, 0.2) is 20.9 Å². The Morgan fingerprint density at radius 1 is 0.660 bits per heavy atom. The van der Waals surface area contributed by atoms with Crippen LogP contribution in [0.3, 0.4) is 0 Å². The molecular weight excluding hydrogens is 1260 g/mol. The highest BCUT2D eigenvalue weighted by molar-refractivity contribution is 7.47. The smallest absolute Gasteiger partial charge is 0.351 e. The van der Waals surface area contributed by atoms with Crippen LogP contribution in [-0.2, 0) is 61.1 Å². The molecule has 2 amide bonds. The first-order chi connectivity index (χ1) is 44.8. The zero-order valence-corrected chi connectivity index (χ0v) is 59.1. The van der Waals surface area contributed by atoms with Gasteiger partial charge in [-0.1, -0.05) is 13.8 Å². The second-order valence-corrected chi connectivity index (χ2v) is 25.6. The third kappa shape index (κ3) is 29.7. The Morgan fingerprint density at radius 3 is 1.47 bits per heavy atom. The zero-order valence-electron chi connectivity index (χ0n) is 57.3. The average Bonchev–Trinajstić information content (AvgIpc) is 1.62. The fourth-order valence-corrected chi connectivity index (χ4v) is 13.6. The molecule has 0 radical (unpaired) electrons. The molecule has 2 aromatic rings. The number of nitriles is 2. The molecule has 34 heteroatoms. The normalized spacial score (nSPS) is 20.1. The number of hydrogen-bond donors (Lipinski definition) is 3. The Bertz CT molecular complexity index is 2810. The van der Waals surface area contributed by atoms with E-state index in [1.165, 1.54) is 47.5 Å². The number of aliphatic hydroxyl groups excluding tert-OH is 1. The molecule has 2 aromatic heterocycles. The average molecular weight is 1360 g/mol. The van der Waals surface area contributed by atoms with Crippen LogP contribution in [-0.4, -0.2) is 202 Å². The van der Waals surface area contributed by atoms with Gasteiger partial charge in [0.1, 0.15) is 76.4 Å². The molecule has 0 aromatic carbocycles. The number of carbonyl (C=O) groups excluding carboxylic acids is 2. The van der Waals surface area contributed by atoms with E-state index in [2.05, 4.69) is 115 Å². The summed E-state index contributed by atoms with van der Waals surface area (Å²) in [5.41, 5.74) is -1.30. The lowest BCUT2D eigenvalue weighted by molar-refractivity contribution is -0.175. The monoisotopic (exact) mass is 1360 g/mol. The summed E-state index contributed by atoms with van der Waals surface area (Å²) in [5.74, 6) is -0.463. The molecule has 9 atom stereocenters. The lowest BCUT2D eigenvalue weighted by Crippen LogP contribution is -2.43. The van der Waals surface area contributed by atoms with Crippen molar-refractivity contribution in [2.75, 3.05) is 83.9 Å². The van der Waals surface area contributed by atoms with Crippen LogP contribution in [0.1, 0.15) is 149 Å². The van der Waals surface area contributed by atoms with E-state index in [9.17, 15) is 24.3 Å². The third-order valence-electron chi connectivity index (χ3n) is 13.1. The number of nitrogens with one attached hydrogen (secondary N) is 2. The number of anilines is 2. The molecule has 0 spiro atoms. The lowest BCUT2D eigenvalue weighted by atomic mass is 10.1. The molecule has 2 saturated heterocycles. The van der Waals surface area contributed by atoms with Gasteiger partial charge >= 0.3 is 11.4 Å². The summed E-state index contributed by atoms with van der Waals surface area (Å²) >= 11 is 0. The van der Waals surface area contributed by atoms with Crippen molar-refractivity contribution in [1.29, 1.82) is 10.5 Å².